The molecule has 2 aromatic rings. The van der Waals surface area contributed by atoms with Crippen LogP contribution in [0.2, 0.25) is 5.02 Å². The third kappa shape index (κ3) is 5.15. The van der Waals surface area contributed by atoms with Crippen LogP contribution in [0.1, 0.15) is 11.1 Å². The molecule has 27 heavy (non-hydrogen) atoms. The summed E-state index contributed by atoms with van der Waals surface area (Å²) in [5.41, 5.74) is 1.61. The lowest BCUT2D eigenvalue weighted by Gasteiger charge is -2.34. The maximum atomic E-state index is 12.4. The Morgan fingerprint density at radius 2 is 1.74 bits per heavy atom. The lowest BCUT2D eigenvalue weighted by atomic mass is 10.1. The number of hydrogen-bond acceptors (Lipinski definition) is 4. The predicted octanol–water partition coefficient (Wildman–Crippen LogP) is 3.61. The molecule has 3 rings (SSSR count). The first-order chi connectivity index (χ1) is 13.0. The first-order valence-corrected chi connectivity index (χ1v) is 9.08. The fourth-order valence-electron chi connectivity index (χ4n) is 3.04. The summed E-state index contributed by atoms with van der Waals surface area (Å²) < 4.78 is 0. The Kier molecular flexibility index (Phi) is 6.21. The molecule has 1 heterocycles. The minimum Gasteiger partial charge on any atom is -0.337 e. The molecule has 1 amide bonds. The van der Waals surface area contributed by atoms with Crippen molar-refractivity contribution in [2.75, 3.05) is 26.2 Å². The van der Waals surface area contributed by atoms with Gasteiger partial charge in [-0.3, -0.25) is 19.8 Å². The van der Waals surface area contributed by atoms with E-state index in [1.807, 2.05) is 24.3 Å². The SMILES string of the molecule is O=C(/C=C/c1ccccc1[N+](=O)[O-])N1CCN(Cc2ccc(Cl)cc2)CC1. The Balaban J connectivity index is 1.54. The van der Waals surface area contributed by atoms with E-state index in [2.05, 4.69) is 4.90 Å². The molecular formula is C20H20ClN3O3. The fourth-order valence-corrected chi connectivity index (χ4v) is 3.16. The van der Waals surface area contributed by atoms with Gasteiger partial charge in [-0.2, -0.15) is 0 Å². The molecule has 0 N–H and O–H groups in total. The van der Waals surface area contributed by atoms with Crippen LogP contribution in [0, 0.1) is 10.1 Å². The third-order valence-corrected chi connectivity index (χ3v) is 4.79. The second-order valence-electron chi connectivity index (χ2n) is 6.38. The number of para-hydroxylation sites is 1. The van der Waals surface area contributed by atoms with Crippen molar-refractivity contribution in [1.82, 2.24) is 9.80 Å². The second-order valence-corrected chi connectivity index (χ2v) is 6.81. The quantitative estimate of drug-likeness (QED) is 0.448. The Bertz CT molecular complexity index is 844. The summed E-state index contributed by atoms with van der Waals surface area (Å²) in [5, 5.41) is 11.8. The van der Waals surface area contributed by atoms with Crippen LogP contribution in [0.4, 0.5) is 5.69 Å². The van der Waals surface area contributed by atoms with Crippen molar-refractivity contribution < 1.29 is 9.72 Å². The molecule has 0 radical (unpaired) electrons. The van der Waals surface area contributed by atoms with Crippen LogP contribution in [0.25, 0.3) is 6.08 Å². The summed E-state index contributed by atoms with van der Waals surface area (Å²) in [5.74, 6) is -0.126. The van der Waals surface area contributed by atoms with Crippen LogP contribution in [0.5, 0.6) is 0 Å². The van der Waals surface area contributed by atoms with Gasteiger partial charge in [-0.1, -0.05) is 35.9 Å². The molecule has 6 nitrogen and oxygen atoms in total. The number of hydrogen-bond donors (Lipinski definition) is 0. The fraction of sp³-hybridized carbons (Fsp3) is 0.250. The third-order valence-electron chi connectivity index (χ3n) is 4.54. The van der Waals surface area contributed by atoms with E-state index in [1.54, 1.807) is 23.1 Å². The zero-order valence-corrected chi connectivity index (χ0v) is 15.5. The van der Waals surface area contributed by atoms with E-state index in [1.165, 1.54) is 23.8 Å². The smallest absolute Gasteiger partial charge is 0.276 e. The highest BCUT2D eigenvalue weighted by atomic mass is 35.5. The van der Waals surface area contributed by atoms with E-state index in [0.29, 0.717) is 18.7 Å². The van der Waals surface area contributed by atoms with Gasteiger partial charge in [-0.15, -0.1) is 0 Å². The number of halogens is 1. The standard InChI is InChI=1S/C20H20ClN3O3/c21-18-8-5-16(6-9-18)15-22-11-13-23(14-12-22)20(25)10-7-17-3-1-2-4-19(17)24(26)27/h1-10H,11-15H2/b10-7+. The lowest BCUT2D eigenvalue weighted by Crippen LogP contribution is -2.47. The zero-order valence-electron chi connectivity index (χ0n) is 14.8. The number of nitro benzene ring substituents is 1. The average molecular weight is 386 g/mol. The minimum absolute atomic E-state index is 0.00525. The highest BCUT2D eigenvalue weighted by molar-refractivity contribution is 6.30. The van der Waals surface area contributed by atoms with Gasteiger partial charge >= 0.3 is 0 Å². The summed E-state index contributed by atoms with van der Waals surface area (Å²) in [6.07, 6.45) is 2.93. The van der Waals surface area contributed by atoms with Gasteiger partial charge in [0.1, 0.15) is 0 Å². The van der Waals surface area contributed by atoms with Crippen molar-refractivity contribution >= 4 is 29.3 Å². The van der Waals surface area contributed by atoms with Crippen molar-refractivity contribution in [2.45, 2.75) is 6.54 Å². The number of rotatable bonds is 5. The van der Waals surface area contributed by atoms with E-state index in [-0.39, 0.29) is 11.6 Å². The van der Waals surface area contributed by atoms with Crippen LogP contribution in [-0.2, 0) is 11.3 Å². The summed E-state index contributed by atoms with van der Waals surface area (Å²) in [4.78, 5) is 27.0. The van der Waals surface area contributed by atoms with Crippen LogP contribution in [-0.4, -0.2) is 46.8 Å². The number of carbonyl (C=O) groups excluding carboxylic acids is 1. The molecule has 1 saturated heterocycles. The van der Waals surface area contributed by atoms with Crippen molar-refractivity contribution in [1.29, 1.82) is 0 Å². The van der Waals surface area contributed by atoms with Crippen LogP contribution in [0.15, 0.2) is 54.6 Å². The molecule has 0 aliphatic carbocycles. The van der Waals surface area contributed by atoms with Crippen molar-refractivity contribution in [3.8, 4) is 0 Å². The van der Waals surface area contributed by atoms with Gasteiger partial charge in [-0.25, -0.2) is 0 Å². The Morgan fingerprint density at radius 3 is 2.41 bits per heavy atom. The van der Waals surface area contributed by atoms with E-state index >= 15 is 0 Å². The number of amides is 1. The summed E-state index contributed by atoms with van der Waals surface area (Å²) >= 11 is 5.91. The number of nitro groups is 1. The Morgan fingerprint density at radius 1 is 1.07 bits per heavy atom. The predicted molar refractivity (Wildman–Crippen MR) is 105 cm³/mol. The molecule has 0 atom stereocenters. The number of piperazine rings is 1. The van der Waals surface area contributed by atoms with Crippen molar-refractivity contribution in [2.24, 2.45) is 0 Å². The molecule has 1 fully saturated rings. The van der Waals surface area contributed by atoms with Crippen molar-refractivity contribution in [3.05, 3.63) is 80.9 Å². The Labute approximate surface area is 162 Å². The first-order valence-electron chi connectivity index (χ1n) is 8.70. The van der Waals surface area contributed by atoms with Gasteiger partial charge in [-0.05, 0) is 29.8 Å². The summed E-state index contributed by atoms with van der Waals surface area (Å²) in [6.45, 7) is 3.66. The van der Waals surface area contributed by atoms with Gasteiger partial charge < -0.3 is 4.90 Å². The highest BCUT2D eigenvalue weighted by Gasteiger charge is 2.20. The largest absolute Gasteiger partial charge is 0.337 e. The van der Waals surface area contributed by atoms with Crippen molar-refractivity contribution in [3.63, 3.8) is 0 Å². The maximum Gasteiger partial charge on any atom is 0.276 e. The summed E-state index contributed by atoms with van der Waals surface area (Å²) in [7, 11) is 0. The molecule has 1 aliphatic rings. The van der Waals surface area contributed by atoms with E-state index < -0.39 is 4.92 Å². The molecule has 0 aromatic heterocycles. The molecule has 1 aliphatic heterocycles. The molecule has 0 unspecified atom stereocenters. The molecule has 0 spiro atoms. The van der Waals surface area contributed by atoms with E-state index in [9.17, 15) is 14.9 Å². The number of nitrogens with zero attached hydrogens (tertiary/aromatic N) is 3. The minimum atomic E-state index is -0.445. The van der Waals surface area contributed by atoms with Crippen LogP contribution >= 0.6 is 11.6 Å². The van der Waals surface area contributed by atoms with Gasteiger partial charge in [0.15, 0.2) is 0 Å². The molecular weight excluding hydrogens is 366 g/mol. The zero-order chi connectivity index (χ0) is 19.2. The molecule has 2 aromatic carbocycles. The average Bonchev–Trinajstić information content (AvgIpc) is 2.68. The summed E-state index contributed by atoms with van der Waals surface area (Å²) in [6, 6.07) is 14.2. The number of carbonyl (C=O) groups is 1. The monoisotopic (exact) mass is 385 g/mol. The number of benzene rings is 2. The van der Waals surface area contributed by atoms with Crippen LogP contribution in [0.3, 0.4) is 0 Å². The normalized spacial score (nSPS) is 15.2. The Hall–Kier alpha value is -2.70. The van der Waals surface area contributed by atoms with Crippen LogP contribution < -0.4 is 0 Å². The van der Waals surface area contributed by atoms with Gasteiger partial charge in [0, 0.05) is 49.9 Å². The lowest BCUT2D eigenvalue weighted by molar-refractivity contribution is -0.385. The molecule has 0 bridgehead atoms. The van der Waals surface area contributed by atoms with Gasteiger partial charge in [0.2, 0.25) is 5.91 Å². The second kappa shape index (κ2) is 8.79. The molecule has 0 saturated carbocycles. The topological polar surface area (TPSA) is 66.7 Å². The van der Waals surface area contributed by atoms with E-state index in [0.717, 1.165) is 24.7 Å². The van der Waals surface area contributed by atoms with E-state index in [4.69, 9.17) is 11.6 Å². The molecule has 140 valence electrons. The first kappa shape index (κ1) is 19.1. The molecule has 7 heteroatoms. The highest BCUT2D eigenvalue weighted by Crippen LogP contribution is 2.19. The van der Waals surface area contributed by atoms with Gasteiger partial charge in [0.05, 0.1) is 10.5 Å². The maximum absolute atomic E-state index is 12.4. The van der Waals surface area contributed by atoms with Gasteiger partial charge in [0.25, 0.3) is 5.69 Å².